The SMILES string of the molecule is Cc1cc(NC(=O)c2ccco2)sc1C(=O)NCCC1CCCNC1.Cl. The van der Waals surface area contributed by atoms with Gasteiger partial charge in [-0.25, -0.2) is 0 Å². The van der Waals surface area contributed by atoms with E-state index in [0.717, 1.165) is 25.1 Å². The Morgan fingerprint density at radius 2 is 2.23 bits per heavy atom. The molecule has 1 saturated heterocycles. The second kappa shape index (κ2) is 9.75. The summed E-state index contributed by atoms with van der Waals surface area (Å²) in [6.45, 7) is 4.69. The van der Waals surface area contributed by atoms with E-state index in [1.807, 2.05) is 13.0 Å². The molecule has 6 nitrogen and oxygen atoms in total. The molecule has 0 aromatic carbocycles. The Morgan fingerprint density at radius 3 is 2.92 bits per heavy atom. The third-order valence-electron chi connectivity index (χ3n) is 4.34. The Bertz CT molecular complexity index is 724. The number of hydrogen-bond acceptors (Lipinski definition) is 5. The van der Waals surface area contributed by atoms with Crippen LogP contribution in [0.1, 0.15) is 45.1 Å². The van der Waals surface area contributed by atoms with E-state index < -0.39 is 0 Å². The van der Waals surface area contributed by atoms with Gasteiger partial charge in [-0.05, 0) is 69.0 Å². The number of carbonyl (C=O) groups is 2. The monoisotopic (exact) mass is 397 g/mol. The smallest absolute Gasteiger partial charge is 0.291 e. The fourth-order valence-electron chi connectivity index (χ4n) is 2.99. The fourth-order valence-corrected chi connectivity index (χ4v) is 3.97. The summed E-state index contributed by atoms with van der Waals surface area (Å²) in [5, 5.41) is 9.79. The maximum atomic E-state index is 12.4. The standard InChI is InChI=1S/C18H23N3O3S.ClH/c1-12-10-15(21-17(22)14-5-3-9-24-14)25-16(12)18(23)20-8-6-13-4-2-7-19-11-13;/h3,5,9-10,13,19H,2,4,6-8,11H2,1H3,(H,20,23)(H,21,22);1H. The molecule has 2 aromatic heterocycles. The molecule has 2 aromatic rings. The molecule has 1 aliphatic heterocycles. The first-order valence-electron chi connectivity index (χ1n) is 8.57. The zero-order valence-corrected chi connectivity index (χ0v) is 16.3. The average Bonchev–Trinajstić information content (AvgIpc) is 3.25. The lowest BCUT2D eigenvalue weighted by Gasteiger charge is -2.22. The predicted octanol–water partition coefficient (Wildman–Crippen LogP) is 3.44. The molecule has 142 valence electrons. The lowest BCUT2D eigenvalue weighted by atomic mass is 9.96. The van der Waals surface area contributed by atoms with E-state index in [1.54, 1.807) is 12.1 Å². The van der Waals surface area contributed by atoms with E-state index >= 15 is 0 Å². The molecular formula is C18H24ClN3O3S. The molecule has 1 fully saturated rings. The summed E-state index contributed by atoms with van der Waals surface area (Å²) in [5.41, 5.74) is 0.858. The van der Waals surface area contributed by atoms with Crippen LogP contribution in [-0.4, -0.2) is 31.4 Å². The molecule has 8 heteroatoms. The van der Waals surface area contributed by atoms with Crippen molar-refractivity contribution in [3.63, 3.8) is 0 Å². The Morgan fingerprint density at radius 1 is 1.38 bits per heavy atom. The van der Waals surface area contributed by atoms with E-state index in [0.29, 0.717) is 22.3 Å². The highest BCUT2D eigenvalue weighted by molar-refractivity contribution is 7.18. The van der Waals surface area contributed by atoms with Crippen LogP contribution < -0.4 is 16.0 Å². The molecule has 1 unspecified atom stereocenters. The lowest BCUT2D eigenvalue weighted by Crippen LogP contribution is -2.33. The topological polar surface area (TPSA) is 83.4 Å². The minimum atomic E-state index is -0.317. The molecule has 1 aliphatic rings. The first-order valence-corrected chi connectivity index (χ1v) is 9.39. The average molecular weight is 398 g/mol. The number of aryl methyl sites for hydroxylation is 1. The second-order valence-corrected chi connectivity index (χ2v) is 7.36. The number of rotatable bonds is 6. The van der Waals surface area contributed by atoms with Crippen LogP contribution in [0, 0.1) is 12.8 Å². The molecule has 26 heavy (non-hydrogen) atoms. The minimum Gasteiger partial charge on any atom is -0.459 e. The third kappa shape index (κ3) is 5.33. The highest BCUT2D eigenvalue weighted by Crippen LogP contribution is 2.27. The molecular weight excluding hydrogens is 374 g/mol. The van der Waals surface area contributed by atoms with Crippen LogP contribution in [0.25, 0.3) is 0 Å². The van der Waals surface area contributed by atoms with Crippen molar-refractivity contribution in [2.45, 2.75) is 26.2 Å². The van der Waals surface area contributed by atoms with Crippen molar-refractivity contribution in [1.29, 1.82) is 0 Å². The largest absolute Gasteiger partial charge is 0.459 e. The highest BCUT2D eigenvalue weighted by atomic mass is 35.5. The lowest BCUT2D eigenvalue weighted by molar-refractivity contribution is 0.0952. The van der Waals surface area contributed by atoms with Gasteiger partial charge in [0.25, 0.3) is 11.8 Å². The van der Waals surface area contributed by atoms with Crippen molar-refractivity contribution >= 4 is 40.6 Å². The van der Waals surface area contributed by atoms with Gasteiger partial charge >= 0.3 is 0 Å². The van der Waals surface area contributed by atoms with Crippen molar-refractivity contribution in [2.75, 3.05) is 25.0 Å². The summed E-state index contributed by atoms with van der Waals surface area (Å²) in [6, 6.07) is 5.07. The fraction of sp³-hybridized carbons (Fsp3) is 0.444. The molecule has 3 rings (SSSR count). The first-order chi connectivity index (χ1) is 12.1. The van der Waals surface area contributed by atoms with Crippen LogP contribution in [-0.2, 0) is 0 Å². The summed E-state index contributed by atoms with van der Waals surface area (Å²) < 4.78 is 5.07. The van der Waals surface area contributed by atoms with Crippen LogP contribution in [0.5, 0.6) is 0 Å². The molecule has 3 heterocycles. The number of furan rings is 1. The summed E-state index contributed by atoms with van der Waals surface area (Å²) in [6.07, 6.45) is 4.88. The Balaban J connectivity index is 0.00000243. The van der Waals surface area contributed by atoms with Gasteiger partial charge in [0.1, 0.15) is 0 Å². The van der Waals surface area contributed by atoms with Gasteiger partial charge in [-0.1, -0.05) is 0 Å². The van der Waals surface area contributed by atoms with Crippen molar-refractivity contribution in [1.82, 2.24) is 10.6 Å². The summed E-state index contributed by atoms with van der Waals surface area (Å²) in [7, 11) is 0. The van der Waals surface area contributed by atoms with Gasteiger partial charge in [0.15, 0.2) is 5.76 Å². The highest BCUT2D eigenvalue weighted by Gasteiger charge is 2.17. The van der Waals surface area contributed by atoms with Gasteiger partial charge in [0.05, 0.1) is 16.1 Å². The van der Waals surface area contributed by atoms with Crippen molar-refractivity contribution in [3.8, 4) is 0 Å². The zero-order chi connectivity index (χ0) is 17.6. The summed E-state index contributed by atoms with van der Waals surface area (Å²) in [5.74, 6) is 0.493. The van der Waals surface area contributed by atoms with E-state index in [4.69, 9.17) is 4.42 Å². The number of nitrogens with one attached hydrogen (secondary N) is 3. The Kier molecular flexibility index (Phi) is 7.68. The molecule has 0 saturated carbocycles. The normalized spacial score (nSPS) is 16.6. The second-order valence-electron chi connectivity index (χ2n) is 6.31. The summed E-state index contributed by atoms with van der Waals surface area (Å²) >= 11 is 1.28. The number of thiophene rings is 1. The number of carbonyl (C=O) groups excluding carboxylic acids is 2. The number of amides is 2. The van der Waals surface area contributed by atoms with E-state index in [-0.39, 0.29) is 30.0 Å². The number of halogens is 1. The summed E-state index contributed by atoms with van der Waals surface area (Å²) in [4.78, 5) is 25.0. The molecule has 3 N–H and O–H groups in total. The molecule has 0 bridgehead atoms. The van der Waals surface area contributed by atoms with Gasteiger partial charge in [-0.2, -0.15) is 0 Å². The Hall–Kier alpha value is -1.83. The van der Waals surface area contributed by atoms with E-state index in [9.17, 15) is 9.59 Å². The van der Waals surface area contributed by atoms with Crippen LogP contribution in [0.2, 0.25) is 0 Å². The van der Waals surface area contributed by atoms with Gasteiger partial charge in [-0.15, -0.1) is 23.7 Å². The molecule has 0 aliphatic carbocycles. The number of hydrogen-bond donors (Lipinski definition) is 3. The number of anilines is 1. The van der Waals surface area contributed by atoms with E-state index in [2.05, 4.69) is 16.0 Å². The van der Waals surface area contributed by atoms with Crippen LogP contribution in [0.15, 0.2) is 28.9 Å². The maximum absolute atomic E-state index is 12.4. The van der Waals surface area contributed by atoms with Gasteiger partial charge in [-0.3, -0.25) is 9.59 Å². The Labute approximate surface area is 163 Å². The molecule has 2 amide bonds. The quantitative estimate of drug-likeness (QED) is 0.697. The van der Waals surface area contributed by atoms with E-state index in [1.165, 1.54) is 30.4 Å². The van der Waals surface area contributed by atoms with Crippen molar-refractivity contribution in [3.05, 3.63) is 40.7 Å². The first kappa shape index (κ1) is 20.5. The molecule has 0 radical (unpaired) electrons. The zero-order valence-electron chi connectivity index (χ0n) is 14.7. The van der Waals surface area contributed by atoms with Crippen molar-refractivity contribution < 1.29 is 14.0 Å². The van der Waals surface area contributed by atoms with Gasteiger partial charge in [0.2, 0.25) is 0 Å². The van der Waals surface area contributed by atoms with Crippen molar-refractivity contribution in [2.24, 2.45) is 5.92 Å². The van der Waals surface area contributed by atoms with Crippen LogP contribution >= 0.6 is 23.7 Å². The van der Waals surface area contributed by atoms with Gasteiger partial charge in [0, 0.05) is 6.54 Å². The van der Waals surface area contributed by atoms with Crippen LogP contribution in [0.3, 0.4) is 0 Å². The maximum Gasteiger partial charge on any atom is 0.291 e. The predicted molar refractivity (Wildman–Crippen MR) is 106 cm³/mol. The third-order valence-corrected chi connectivity index (χ3v) is 5.49. The molecule has 1 atom stereocenters. The van der Waals surface area contributed by atoms with Gasteiger partial charge < -0.3 is 20.4 Å². The van der Waals surface area contributed by atoms with Crippen LogP contribution in [0.4, 0.5) is 5.00 Å². The molecule has 0 spiro atoms. The minimum absolute atomic E-state index is 0. The number of piperidine rings is 1.